The Hall–Kier alpha value is -0.760. The molecule has 2 N–H and O–H groups in total. The summed E-state index contributed by atoms with van der Waals surface area (Å²) >= 11 is 5.79. The number of aryl methyl sites for hydroxylation is 1. The largest absolute Gasteiger partial charge is 0.357 e. The first-order valence-electron chi connectivity index (χ1n) is 7.94. The van der Waals surface area contributed by atoms with Gasteiger partial charge in [-0.2, -0.15) is 5.10 Å². The van der Waals surface area contributed by atoms with E-state index in [0.29, 0.717) is 23.7 Å². The maximum absolute atomic E-state index is 5.79. The molecule has 130 valence electrons. The second-order valence-electron chi connectivity index (χ2n) is 5.97. The van der Waals surface area contributed by atoms with Gasteiger partial charge < -0.3 is 10.6 Å². The van der Waals surface area contributed by atoms with Crippen LogP contribution in [-0.4, -0.2) is 34.9 Å². The van der Waals surface area contributed by atoms with Crippen LogP contribution in [0.15, 0.2) is 22.8 Å². The Morgan fingerprint density at radius 3 is 2.91 bits per heavy atom. The third-order valence-electron chi connectivity index (χ3n) is 3.72. The molecular weight excluding hydrogens is 425 g/mol. The molecule has 1 unspecified atom stereocenters. The van der Waals surface area contributed by atoms with Crippen molar-refractivity contribution in [3.8, 4) is 0 Å². The molecule has 0 aliphatic heterocycles. The van der Waals surface area contributed by atoms with Gasteiger partial charge in [-0.15, -0.1) is 24.0 Å². The number of hydrogen-bond donors (Lipinski definition) is 2. The fourth-order valence-corrected chi connectivity index (χ4v) is 2.64. The lowest BCUT2D eigenvalue weighted by Crippen LogP contribution is -2.45. The Morgan fingerprint density at radius 1 is 1.57 bits per heavy atom. The van der Waals surface area contributed by atoms with Gasteiger partial charge in [0, 0.05) is 36.3 Å². The van der Waals surface area contributed by atoms with E-state index in [4.69, 9.17) is 16.7 Å². The molecule has 23 heavy (non-hydrogen) atoms. The SMILES string of the molecule is C=C(Cl)CN=C(NCC)NC1CCc2cn(C(C)C)nc2C1.I. The second-order valence-corrected chi connectivity index (χ2v) is 6.51. The van der Waals surface area contributed by atoms with E-state index < -0.39 is 0 Å². The molecule has 0 saturated heterocycles. The summed E-state index contributed by atoms with van der Waals surface area (Å²) < 4.78 is 2.06. The molecule has 5 nitrogen and oxygen atoms in total. The lowest BCUT2D eigenvalue weighted by atomic mass is 9.94. The average Bonchev–Trinajstić information content (AvgIpc) is 2.88. The monoisotopic (exact) mass is 451 g/mol. The predicted octanol–water partition coefficient (Wildman–Crippen LogP) is 3.25. The van der Waals surface area contributed by atoms with Crippen molar-refractivity contribution in [1.29, 1.82) is 0 Å². The highest BCUT2D eigenvalue weighted by molar-refractivity contribution is 14.0. The maximum Gasteiger partial charge on any atom is 0.191 e. The summed E-state index contributed by atoms with van der Waals surface area (Å²) in [6.07, 6.45) is 5.26. The van der Waals surface area contributed by atoms with Gasteiger partial charge in [0.15, 0.2) is 5.96 Å². The molecule has 0 saturated carbocycles. The number of halogens is 2. The third kappa shape index (κ3) is 5.99. The van der Waals surface area contributed by atoms with Crippen molar-refractivity contribution in [3.63, 3.8) is 0 Å². The van der Waals surface area contributed by atoms with Gasteiger partial charge in [-0.3, -0.25) is 4.68 Å². The first-order chi connectivity index (χ1) is 10.5. The second kappa shape index (κ2) is 9.52. The lowest BCUT2D eigenvalue weighted by Gasteiger charge is -2.24. The minimum Gasteiger partial charge on any atom is -0.357 e. The number of fused-ring (bicyclic) bond motifs is 1. The quantitative estimate of drug-likeness (QED) is 0.410. The summed E-state index contributed by atoms with van der Waals surface area (Å²) in [6.45, 7) is 11.3. The normalized spacial score (nSPS) is 17.4. The van der Waals surface area contributed by atoms with E-state index in [2.05, 4.69) is 53.9 Å². The Kier molecular flexibility index (Phi) is 8.39. The fraction of sp³-hybridized carbons (Fsp3) is 0.625. The number of nitrogens with one attached hydrogen (secondary N) is 2. The molecule has 0 radical (unpaired) electrons. The van der Waals surface area contributed by atoms with Gasteiger partial charge in [-0.1, -0.05) is 18.2 Å². The molecule has 0 amide bonds. The third-order valence-corrected chi connectivity index (χ3v) is 3.84. The van der Waals surface area contributed by atoms with Crippen molar-refractivity contribution in [2.24, 2.45) is 4.99 Å². The van der Waals surface area contributed by atoms with Crippen LogP contribution in [0.25, 0.3) is 0 Å². The van der Waals surface area contributed by atoms with Gasteiger partial charge in [0.2, 0.25) is 0 Å². The van der Waals surface area contributed by atoms with E-state index in [0.717, 1.165) is 31.8 Å². The first kappa shape index (κ1) is 20.3. The van der Waals surface area contributed by atoms with Crippen molar-refractivity contribution in [2.75, 3.05) is 13.1 Å². The zero-order chi connectivity index (χ0) is 16.1. The molecule has 1 aliphatic rings. The Morgan fingerprint density at radius 2 is 2.30 bits per heavy atom. The zero-order valence-electron chi connectivity index (χ0n) is 14.1. The molecule has 7 heteroatoms. The molecule has 1 heterocycles. The zero-order valence-corrected chi connectivity index (χ0v) is 17.2. The van der Waals surface area contributed by atoms with Crippen molar-refractivity contribution in [1.82, 2.24) is 20.4 Å². The molecule has 1 aliphatic carbocycles. The first-order valence-corrected chi connectivity index (χ1v) is 8.32. The van der Waals surface area contributed by atoms with Crippen LogP contribution in [0.2, 0.25) is 0 Å². The molecule has 0 spiro atoms. The van der Waals surface area contributed by atoms with E-state index in [-0.39, 0.29) is 24.0 Å². The Labute approximate surface area is 161 Å². The molecule has 0 bridgehead atoms. The van der Waals surface area contributed by atoms with Crippen LogP contribution in [0.1, 0.15) is 44.5 Å². The van der Waals surface area contributed by atoms with Gasteiger partial charge in [-0.05, 0) is 39.2 Å². The maximum atomic E-state index is 5.79. The van der Waals surface area contributed by atoms with Crippen LogP contribution in [0.5, 0.6) is 0 Å². The smallest absolute Gasteiger partial charge is 0.191 e. The standard InChI is InChI=1S/C16H26ClN5.HI/c1-5-18-16(19-9-12(4)17)20-14-7-6-13-10-22(11(2)3)21-15(13)8-14;/h10-11,14H,4-9H2,1-3H3,(H2,18,19,20);1H. The molecule has 1 atom stereocenters. The van der Waals surface area contributed by atoms with E-state index in [1.165, 1.54) is 11.3 Å². The van der Waals surface area contributed by atoms with Crippen LogP contribution < -0.4 is 10.6 Å². The molecular formula is C16H27ClIN5. The number of aliphatic imine (C=N–C) groups is 1. The highest BCUT2D eigenvalue weighted by Crippen LogP contribution is 2.21. The van der Waals surface area contributed by atoms with Gasteiger partial charge in [0.05, 0.1) is 12.2 Å². The lowest BCUT2D eigenvalue weighted by molar-refractivity contribution is 0.499. The van der Waals surface area contributed by atoms with Crippen molar-refractivity contribution in [2.45, 2.75) is 52.1 Å². The summed E-state index contributed by atoms with van der Waals surface area (Å²) in [5, 5.41) is 12.0. The number of aromatic nitrogens is 2. The Bertz CT molecular complexity index is 553. The van der Waals surface area contributed by atoms with Gasteiger partial charge in [-0.25, -0.2) is 4.99 Å². The van der Waals surface area contributed by atoms with Crippen molar-refractivity contribution >= 4 is 41.5 Å². The summed E-state index contributed by atoms with van der Waals surface area (Å²) in [7, 11) is 0. The molecule has 0 aromatic carbocycles. The van der Waals surface area contributed by atoms with Gasteiger partial charge >= 0.3 is 0 Å². The average molecular weight is 452 g/mol. The topological polar surface area (TPSA) is 54.2 Å². The van der Waals surface area contributed by atoms with Crippen LogP contribution in [0.4, 0.5) is 0 Å². The number of guanidine groups is 1. The molecule has 1 aromatic heterocycles. The Balaban J connectivity index is 0.00000264. The highest BCUT2D eigenvalue weighted by atomic mass is 127. The predicted molar refractivity (Wildman–Crippen MR) is 108 cm³/mol. The molecule has 2 rings (SSSR count). The minimum absolute atomic E-state index is 0. The summed E-state index contributed by atoms with van der Waals surface area (Å²) in [5.41, 5.74) is 2.58. The number of hydrogen-bond acceptors (Lipinski definition) is 2. The minimum atomic E-state index is 0. The number of nitrogens with zero attached hydrogens (tertiary/aromatic N) is 3. The van der Waals surface area contributed by atoms with E-state index in [9.17, 15) is 0 Å². The van der Waals surface area contributed by atoms with E-state index in [1.807, 2.05) is 0 Å². The summed E-state index contributed by atoms with van der Waals surface area (Å²) in [6, 6.07) is 0.759. The van der Waals surface area contributed by atoms with Crippen LogP contribution in [0.3, 0.4) is 0 Å². The van der Waals surface area contributed by atoms with Gasteiger partial charge in [0.25, 0.3) is 0 Å². The van der Waals surface area contributed by atoms with Gasteiger partial charge in [0.1, 0.15) is 0 Å². The number of rotatable bonds is 5. The fourth-order valence-electron chi connectivity index (χ4n) is 2.58. The van der Waals surface area contributed by atoms with Crippen LogP contribution in [-0.2, 0) is 12.8 Å². The van der Waals surface area contributed by atoms with Crippen LogP contribution in [0, 0.1) is 0 Å². The molecule has 0 fully saturated rings. The van der Waals surface area contributed by atoms with Crippen molar-refractivity contribution in [3.05, 3.63) is 29.1 Å². The summed E-state index contributed by atoms with van der Waals surface area (Å²) in [5.74, 6) is 0.793. The van der Waals surface area contributed by atoms with E-state index in [1.54, 1.807) is 0 Å². The van der Waals surface area contributed by atoms with Crippen LogP contribution >= 0.6 is 35.6 Å². The highest BCUT2D eigenvalue weighted by Gasteiger charge is 2.22. The van der Waals surface area contributed by atoms with Crippen molar-refractivity contribution < 1.29 is 0 Å². The molecule has 1 aromatic rings. The van der Waals surface area contributed by atoms with E-state index >= 15 is 0 Å². The summed E-state index contributed by atoms with van der Waals surface area (Å²) in [4.78, 5) is 4.43.